The Kier molecular flexibility index (Phi) is 8.27. The highest BCUT2D eigenvalue weighted by molar-refractivity contribution is 9.10. The summed E-state index contributed by atoms with van der Waals surface area (Å²) in [5, 5.41) is 2.91. The second kappa shape index (κ2) is 9.69. The van der Waals surface area contributed by atoms with Crippen molar-refractivity contribution < 1.29 is 14.3 Å². The van der Waals surface area contributed by atoms with E-state index < -0.39 is 0 Å². The molecule has 0 fully saturated rings. The third-order valence-electron chi connectivity index (χ3n) is 3.01. The fourth-order valence-electron chi connectivity index (χ4n) is 1.89. The van der Waals surface area contributed by atoms with Crippen LogP contribution in [0.1, 0.15) is 30.1 Å². The topological polar surface area (TPSA) is 50.8 Å². The van der Waals surface area contributed by atoms with Crippen LogP contribution < -0.4 is 14.8 Å². The number of halogens is 1. The zero-order valence-corrected chi connectivity index (χ0v) is 15.3. The zero-order valence-electron chi connectivity index (χ0n) is 13.7. The van der Waals surface area contributed by atoms with Gasteiger partial charge in [0.15, 0.2) is 11.5 Å². The molecule has 124 valence electrons. The van der Waals surface area contributed by atoms with Crippen LogP contribution in [0.25, 0.3) is 0 Å². The molecule has 0 radical (unpaired) electrons. The van der Waals surface area contributed by atoms with Gasteiger partial charge in [-0.15, -0.1) is 0 Å². The van der Waals surface area contributed by atoms with Gasteiger partial charge in [-0.25, -0.2) is 0 Å². The van der Waals surface area contributed by atoms with Gasteiger partial charge in [0, 0.05) is 12.1 Å². The maximum Gasteiger partial charge on any atom is 0.251 e. The molecule has 0 heterocycles. The SMILES string of the molecule is CCCOc1c(Br)cc(C(=O)NCCCN(C)C)cc1OC. The first kappa shape index (κ1) is 18.8. The summed E-state index contributed by atoms with van der Waals surface area (Å²) in [4.78, 5) is 14.3. The van der Waals surface area contributed by atoms with Crippen LogP contribution in [-0.4, -0.2) is 51.7 Å². The van der Waals surface area contributed by atoms with E-state index in [4.69, 9.17) is 9.47 Å². The Morgan fingerprint density at radius 2 is 2.09 bits per heavy atom. The first-order valence-corrected chi connectivity index (χ1v) is 8.22. The zero-order chi connectivity index (χ0) is 16.5. The lowest BCUT2D eigenvalue weighted by Gasteiger charge is -2.14. The smallest absolute Gasteiger partial charge is 0.251 e. The van der Waals surface area contributed by atoms with Crippen molar-refractivity contribution >= 4 is 21.8 Å². The number of rotatable bonds is 9. The first-order chi connectivity index (χ1) is 10.5. The quantitative estimate of drug-likeness (QED) is 0.677. The number of nitrogens with one attached hydrogen (secondary N) is 1. The van der Waals surface area contributed by atoms with Crippen LogP contribution >= 0.6 is 15.9 Å². The van der Waals surface area contributed by atoms with E-state index in [1.807, 2.05) is 21.0 Å². The predicted molar refractivity (Wildman–Crippen MR) is 92.0 cm³/mol. The number of ether oxygens (including phenoxy) is 2. The van der Waals surface area contributed by atoms with Crippen LogP contribution in [0.5, 0.6) is 11.5 Å². The van der Waals surface area contributed by atoms with Crippen LogP contribution in [-0.2, 0) is 0 Å². The molecule has 0 aliphatic rings. The van der Waals surface area contributed by atoms with E-state index >= 15 is 0 Å². The lowest BCUT2D eigenvalue weighted by molar-refractivity contribution is 0.0952. The van der Waals surface area contributed by atoms with E-state index in [-0.39, 0.29) is 5.91 Å². The summed E-state index contributed by atoms with van der Waals surface area (Å²) < 4.78 is 11.7. The molecule has 22 heavy (non-hydrogen) atoms. The van der Waals surface area contributed by atoms with E-state index in [1.165, 1.54) is 0 Å². The van der Waals surface area contributed by atoms with Crippen LogP contribution in [0.15, 0.2) is 16.6 Å². The van der Waals surface area contributed by atoms with Gasteiger partial charge >= 0.3 is 0 Å². The van der Waals surface area contributed by atoms with Crippen molar-refractivity contribution in [2.75, 3.05) is 40.9 Å². The lowest BCUT2D eigenvalue weighted by Crippen LogP contribution is -2.27. The van der Waals surface area contributed by atoms with Gasteiger partial charge in [-0.3, -0.25) is 4.79 Å². The molecule has 0 bridgehead atoms. The van der Waals surface area contributed by atoms with Gasteiger partial charge in [-0.2, -0.15) is 0 Å². The van der Waals surface area contributed by atoms with Crippen molar-refractivity contribution in [1.82, 2.24) is 10.2 Å². The first-order valence-electron chi connectivity index (χ1n) is 7.42. The highest BCUT2D eigenvalue weighted by Crippen LogP contribution is 2.36. The maximum atomic E-state index is 12.2. The number of hydrogen-bond donors (Lipinski definition) is 1. The molecule has 0 aliphatic heterocycles. The van der Waals surface area contributed by atoms with E-state index in [0.717, 1.165) is 23.9 Å². The number of carbonyl (C=O) groups is 1. The van der Waals surface area contributed by atoms with Crippen molar-refractivity contribution in [3.63, 3.8) is 0 Å². The van der Waals surface area contributed by atoms with Gasteiger partial charge in [0.05, 0.1) is 18.2 Å². The monoisotopic (exact) mass is 372 g/mol. The number of methoxy groups -OCH3 is 1. The molecule has 0 unspecified atom stereocenters. The van der Waals surface area contributed by atoms with Gasteiger partial charge in [-0.05, 0) is 61.5 Å². The van der Waals surface area contributed by atoms with E-state index in [9.17, 15) is 4.79 Å². The van der Waals surface area contributed by atoms with Crippen LogP contribution in [0.2, 0.25) is 0 Å². The molecule has 0 atom stereocenters. The van der Waals surface area contributed by atoms with Crippen molar-refractivity contribution in [2.45, 2.75) is 19.8 Å². The molecular formula is C16H25BrN2O3. The summed E-state index contributed by atoms with van der Waals surface area (Å²) in [6.07, 6.45) is 1.82. The van der Waals surface area contributed by atoms with Gasteiger partial charge < -0.3 is 19.7 Å². The van der Waals surface area contributed by atoms with E-state index in [1.54, 1.807) is 19.2 Å². The number of hydrogen-bond acceptors (Lipinski definition) is 4. The van der Waals surface area contributed by atoms with Crippen molar-refractivity contribution in [2.24, 2.45) is 0 Å². The summed E-state index contributed by atoms with van der Waals surface area (Å²) >= 11 is 3.45. The molecule has 1 amide bonds. The van der Waals surface area contributed by atoms with Crippen LogP contribution in [0.3, 0.4) is 0 Å². The highest BCUT2D eigenvalue weighted by Gasteiger charge is 2.15. The Morgan fingerprint density at radius 1 is 1.36 bits per heavy atom. The summed E-state index contributed by atoms with van der Waals surface area (Å²) in [6.45, 7) is 4.23. The summed E-state index contributed by atoms with van der Waals surface area (Å²) in [6, 6.07) is 3.46. The van der Waals surface area contributed by atoms with E-state index in [0.29, 0.717) is 30.2 Å². The van der Waals surface area contributed by atoms with Gasteiger partial charge in [0.2, 0.25) is 0 Å². The highest BCUT2D eigenvalue weighted by atomic mass is 79.9. The Bertz CT molecular complexity index is 493. The molecule has 0 aromatic heterocycles. The van der Waals surface area contributed by atoms with Crippen LogP contribution in [0, 0.1) is 0 Å². The average molecular weight is 373 g/mol. The fraction of sp³-hybridized carbons (Fsp3) is 0.562. The lowest BCUT2D eigenvalue weighted by atomic mass is 10.2. The number of nitrogens with zero attached hydrogens (tertiary/aromatic N) is 1. The minimum absolute atomic E-state index is 0.111. The predicted octanol–water partition coefficient (Wildman–Crippen LogP) is 2.93. The minimum atomic E-state index is -0.111. The van der Waals surface area contributed by atoms with Crippen molar-refractivity contribution in [3.8, 4) is 11.5 Å². The third kappa shape index (κ3) is 5.85. The van der Waals surface area contributed by atoms with Crippen molar-refractivity contribution in [1.29, 1.82) is 0 Å². The number of benzene rings is 1. The standard InChI is InChI=1S/C16H25BrN2O3/c1-5-9-22-15-13(17)10-12(11-14(15)21-4)16(20)18-7-6-8-19(2)3/h10-11H,5-9H2,1-4H3,(H,18,20). The fourth-order valence-corrected chi connectivity index (χ4v) is 2.45. The molecule has 1 aromatic rings. The average Bonchev–Trinajstić information content (AvgIpc) is 2.49. The molecule has 5 nitrogen and oxygen atoms in total. The van der Waals surface area contributed by atoms with Gasteiger partial charge in [0.25, 0.3) is 5.91 Å². The minimum Gasteiger partial charge on any atom is -0.493 e. The molecule has 1 rings (SSSR count). The van der Waals surface area contributed by atoms with Crippen molar-refractivity contribution in [3.05, 3.63) is 22.2 Å². The Balaban J connectivity index is 2.74. The molecule has 0 saturated heterocycles. The summed E-state index contributed by atoms with van der Waals surface area (Å²) in [5.74, 6) is 1.08. The largest absolute Gasteiger partial charge is 0.493 e. The summed E-state index contributed by atoms with van der Waals surface area (Å²) in [5.41, 5.74) is 0.553. The third-order valence-corrected chi connectivity index (χ3v) is 3.60. The summed E-state index contributed by atoms with van der Waals surface area (Å²) in [7, 11) is 5.59. The molecule has 0 aliphatic carbocycles. The maximum absolute atomic E-state index is 12.2. The molecule has 6 heteroatoms. The second-order valence-electron chi connectivity index (χ2n) is 5.25. The number of carbonyl (C=O) groups excluding carboxylic acids is 1. The molecular weight excluding hydrogens is 348 g/mol. The molecule has 1 aromatic carbocycles. The second-order valence-corrected chi connectivity index (χ2v) is 6.10. The van der Waals surface area contributed by atoms with Crippen LogP contribution in [0.4, 0.5) is 0 Å². The molecule has 1 N–H and O–H groups in total. The van der Waals surface area contributed by atoms with E-state index in [2.05, 4.69) is 26.1 Å². The molecule has 0 spiro atoms. The number of amides is 1. The molecule has 0 saturated carbocycles. The Labute approximate surface area is 141 Å². The van der Waals surface area contributed by atoms with Gasteiger partial charge in [-0.1, -0.05) is 6.92 Å². The normalized spacial score (nSPS) is 10.6. The Hall–Kier alpha value is -1.27. The van der Waals surface area contributed by atoms with Gasteiger partial charge in [0.1, 0.15) is 0 Å². The Morgan fingerprint density at radius 3 is 2.68 bits per heavy atom.